The number of aryl methyl sites for hydroxylation is 1. The van der Waals surface area contributed by atoms with Crippen LogP contribution in [0.3, 0.4) is 0 Å². The van der Waals surface area contributed by atoms with E-state index in [-0.39, 0.29) is 12.2 Å². The molecule has 0 aliphatic rings. The van der Waals surface area contributed by atoms with Crippen LogP contribution in [0.15, 0.2) is 6.07 Å². The molecular formula is C8H10N3O4-. The van der Waals surface area contributed by atoms with Crippen molar-refractivity contribution in [2.75, 3.05) is 0 Å². The van der Waals surface area contributed by atoms with E-state index in [1.165, 1.54) is 6.07 Å². The standard InChI is InChI=1S/C8H11N3O4/c1-3-6(8(12)13)10-5(2)4-7(9-10)11(14)15/h4,6H,3H2,1-2H3,(H,12,13)/p-1/t6-/m0/s1. The van der Waals surface area contributed by atoms with Crippen molar-refractivity contribution in [1.82, 2.24) is 9.78 Å². The highest BCUT2D eigenvalue weighted by molar-refractivity contribution is 5.69. The van der Waals surface area contributed by atoms with Crippen molar-refractivity contribution < 1.29 is 14.8 Å². The third-order valence-electron chi connectivity index (χ3n) is 2.05. The number of carboxylic acids is 1. The van der Waals surface area contributed by atoms with Gasteiger partial charge in [-0.1, -0.05) is 6.92 Å². The van der Waals surface area contributed by atoms with Gasteiger partial charge in [0.2, 0.25) is 0 Å². The zero-order valence-corrected chi connectivity index (χ0v) is 8.34. The molecule has 0 spiro atoms. The van der Waals surface area contributed by atoms with E-state index in [1.807, 2.05) is 0 Å². The van der Waals surface area contributed by atoms with Crippen LogP contribution >= 0.6 is 0 Å². The molecule has 0 aliphatic heterocycles. The largest absolute Gasteiger partial charge is 0.548 e. The lowest BCUT2D eigenvalue weighted by Gasteiger charge is -2.14. The Labute approximate surface area is 85.5 Å². The van der Waals surface area contributed by atoms with Gasteiger partial charge in [-0.2, -0.15) is 4.68 Å². The number of hydrogen-bond donors (Lipinski definition) is 0. The molecule has 0 bridgehead atoms. The van der Waals surface area contributed by atoms with E-state index in [0.717, 1.165) is 4.68 Å². The Morgan fingerprint density at radius 3 is 2.67 bits per heavy atom. The third-order valence-corrected chi connectivity index (χ3v) is 2.05. The summed E-state index contributed by atoms with van der Waals surface area (Å²) in [6.45, 7) is 3.21. The normalized spacial score (nSPS) is 12.4. The van der Waals surface area contributed by atoms with E-state index in [1.54, 1.807) is 13.8 Å². The van der Waals surface area contributed by atoms with Gasteiger partial charge in [0.25, 0.3) is 0 Å². The maximum Gasteiger partial charge on any atom is 0.390 e. The number of carboxylic acid groups (broad SMARTS) is 1. The number of rotatable bonds is 4. The number of aromatic nitrogens is 2. The average Bonchev–Trinajstić information content (AvgIpc) is 2.49. The predicted molar refractivity (Wildman–Crippen MR) is 48.0 cm³/mol. The van der Waals surface area contributed by atoms with Crippen LogP contribution in [-0.2, 0) is 4.79 Å². The van der Waals surface area contributed by atoms with Gasteiger partial charge in [-0.3, -0.25) is 0 Å². The van der Waals surface area contributed by atoms with Crippen LogP contribution in [-0.4, -0.2) is 20.7 Å². The number of hydrogen-bond acceptors (Lipinski definition) is 5. The third kappa shape index (κ3) is 2.12. The summed E-state index contributed by atoms with van der Waals surface area (Å²) in [7, 11) is 0. The first-order valence-electron chi connectivity index (χ1n) is 4.38. The van der Waals surface area contributed by atoms with Gasteiger partial charge in [-0.15, -0.1) is 0 Å². The molecule has 1 atom stereocenters. The van der Waals surface area contributed by atoms with Crippen LogP contribution < -0.4 is 5.11 Å². The van der Waals surface area contributed by atoms with Crippen molar-refractivity contribution in [3.63, 3.8) is 0 Å². The van der Waals surface area contributed by atoms with Crippen molar-refractivity contribution >= 4 is 11.8 Å². The first-order valence-corrected chi connectivity index (χ1v) is 4.38. The van der Waals surface area contributed by atoms with E-state index in [0.29, 0.717) is 5.69 Å². The van der Waals surface area contributed by atoms with Gasteiger partial charge in [0.1, 0.15) is 6.04 Å². The maximum absolute atomic E-state index is 10.7. The Kier molecular flexibility index (Phi) is 3.03. The summed E-state index contributed by atoms with van der Waals surface area (Å²) < 4.78 is 1.10. The van der Waals surface area contributed by atoms with E-state index in [2.05, 4.69) is 5.10 Å². The quantitative estimate of drug-likeness (QED) is 0.508. The minimum atomic E-state index is -1.29. The Bertz CT molecular complexity index is 399. The first-order chi connectivity index (χ1) is 6.97. The fourth-order valence-corrected chi connectivity index (χ4v) is 1.32. The molecule has 0 radical (unpaired) electrons. The smallest absolute Gasteiger partial charge is 0.390 e. The highest BCUT2D eigenvalue weighted by atomic mass is 16.6. The lowest BCUT2D eigenvalue weighted by Crippen LogP contribution is -2.34. The summed E-state index contributed by atoms with van der Waals surface area (Å²) in [5, 5.41) is 24.7. The van der Waals surface area contributed by atoms with Crippen LogP contribution in [0.4, 0.5) is 5.82 Å². The Balaban J connectivity index is 3.13. The van der Waals surface area contributed by atoms with Gasteiger partial charge in [0, 0.05) is 0 Å². The molecule has 7 nitrogen and oxygen atoms in total. The van der Waals surface area contributed by atoms with Crippen molar-refractivity contribution in [1.29, 1.82) is 0 Å². The summed E-state index contributed by atoms with van der Waals surface area (Å²) >= 11 is 0. The van der Waals surface area contributed by atoms with Gasteiger partial charge < -0.3 is 20.0 Å². The molecule has 0 aliphatic carbocycles. The molecule has 0 unspecified atom stereocenters. The van der Waals surface area contributed by atoms with Crippen LogP contribution in [0.2, 0.25) is 0 Å². The number of nitrogens with zero attached hydrogens (tertiary/aromatic N) is 3. The van der Waals surface area contributed by atoms with Gasteiger partial charge in [-0.25, -0.2) is 0 Å². The summed E-state index contributed by atoms with van der Waals surface area (Å²) in [6.07, 6.45) is 0.266. The van der Waals surface area contributed by atoms with Gasteiger partial charge in [-0.05, 0) is 18.3 Å². The van der Waals surface area contributed by atoms with Crippen LogP contribution in [0.1, 0.15) is 25.1 Å². The molecule has 1 aromatic rings. The lowest BCUT2D eigenvalue weighted by molar-refractivity contribution is -0.389. The molecule has 0 amide bonds. The Hall–Kier alpha value is -1.92. The number of aliphatic carboxylic acids is 1. The van der Waals surface area contributed by atoms with Gasteiger partial charge in [0.15, 0.2) is 0 Å². The minimum absolute atomic E-state index is 0.266. The van der Waals surface area contributed by atoms with Crippen molar-refractivity contribution in [3.05, 3.63) is 21.9 Å². The summed E-state index contributed by atoms with van der Waals surface area (Å²) in [5.74, 6) is -1.65. The van der Waals surface area contributed by atoms with Crippen LogP contribution in [0, 0.1) is 17.0 Å². The second-order valence-corrected chi connectivity index (χ2v) is 3.09. The zero-order valence-electron chi connectivity index (χ0n) is 8.34. The number of nitro groups is 1. The highest BCUT2D eigenvalue weighted by Gasteiger charge is 2.21. The highest BCUT2D eigenvalue weighted by Crippen LogP contribution is 2.17. The summed E-state index contributed by atoms with van der Waals surface area (Å²) in [6, 6.07) is 0.268. The average molecular weight is 212 g/mol. The van der Waals surface area contributed by atoms with Crippen LogP contribution in [0.5, 0.6) is 0 Å². The fourth-order valence-electron chi connectivity index (χ4n) is 1.32. The monoisotopic (exact) mass is 212 g/mol. The number of carbonyl (C=O) groups is 1. The molecule has 1 aromatic heterocycles. The first kappa shape index (κ1) is 11.2. The zero-order chi connectivity index (χ0) is 11.6. The molecule has 0 N–H and O–H groups in total. The molecule has 82 valence electrons. The Morgan fingerprint density at radius 2 is 2.33 bits per heavy atom. The Morgan fingerprint density at radius 1 is 1.73 bits per heavy atom. The van der Waals surface area contributed by atoms with Crippen molar-refractivity contribution in [2.45, 2.75) is 26.3 Å². The van der Waals surface area contributed by atoms with Gasteiger partial charge in [0.05, 0.1) is 22.8 Å². The van der Waals surface area contributed by atoms with Crippen LogP contribution in [0.25, 0.3) is 0 Å². The predicted octanol–water partition coefficient (Wildman–Crippen LogP) is -0.199. The van der Waals surface area contributed by atoms with E-state index >= 15 is 0 Å². The second-order valence-electron chi connectivity index (χ2n) is 3.09. The molecule has 0 saturated heterocycles. The van der Waals surface area contributed by atoms with Crippen molar-refractivity contribution in [3.8, 4) is 0 Å². The molecule has 0 saturated carbocycles. The minimum Gasteiger partial charge on any atom is -0.548 e. The second kappa shape index (κ2) is 4.07. The van der Waals surface area contributed by atoms with Gasteiger partial charge >= 0.3 is 5.82 Å². The molecule has 7 heteroatoms. The molecule has 0 aromatic carbocycles. The maximum atomic E-state index is 10.7. The topological polar surface area (TPSA) is 101 Å². The molecule has 1 heterocycles. The van der Waals surface area contributed by atoms with Crippen molar-refractivity contribution in [2.24, 2.45) is 0 Å². The molecule has 1 rings (SSSR count). The van der Waals surface area contributed by atoms with E-state index in [9.17, 15) is 20.0 Å². The SMILES string of the molecule is CC[C@@H](C(=O)[O-])n1nc([N+](=O)[O-])cc1C. The molecule has 15 heavy (non-hydrogen) atoms. The van der Waals surface area contributed by atoms with E-state index in [4.69, 9.17) is 0 Å². The lowest BCUT2D eigenvalue weighted by atomic mass is 10.2. The molecule has 0 fully saturated rings. The summed E-state index contributed by atoms with van der Waals surface area (Å²) in [4.78, 5) is 20.5. The van der Waals surface area contributed by atoms with E-state index < -0.39 is 16.9 Å². The fraction of sp³-hybridized carbons (Fsp3) is 0.500. The number of carbonyl (C=O) groups excluding carboxylic acids is 1. The molecular weight excluding hydrogens is 202 g/mol. The summed E-state index contributed by atoms with van der Waals surface area (Å²) in [5.41, 5.74) is 0.428.